The first kappa shape index (κ1) is 11.3. The Hall–Kier alpha value is -1.20. The number of benzene rings is 1. The van der Waals surface area contributed by atoms with Crippen molar-refractivity contribution in [2.45, 2.75) is 13.5 Å². The van der Waals surface area contributed by atoms with Gasteiger partial charge >= 0.3 is 0 Å². The van der Waals surface area contributed by atoms with Gasteiger partial charge in [-0.3, -0.25) is 4.68 Å². The van der Waals surface area contributed by atoms with E-state index in [4.69, 9.17) is 5.73 Å². The van der Waals surface area contributed by atoms with E-state index < -0.39 is 0 Å². The second-order valence-electron chi connectivity index (χ2n) is 3.62. The number of hydrogen-bond acceptors (Lipinski definition) is 3. The van der Waals surface area contributed by atoms with Crippen LogP contribution in [-0.2, 0) is 6.54 Å². The van der Waals surface area contributed by atoms with E-state index >= 15 is 0 Å². The molecule has 2 N–H and O–H groups in total. The SMILES string of the molecule is Cc1cc(-c2cn(CCN)nn2)ccc1Br. The maximum Gasteiger partial charge on any atom is 0.113 e. The van der Waals surface area contributed by atoms with Gasteiger partial charge in [0.15, 0.2) is 0 Å². The Morgan fingerprint density at radius 1 is 1.44 bits per heavy atom. The van der Waals surface area contributed by atoms with Gasteiger partial charge in [0.1, 0.15) is 5.69 Å². The Kier molecular flexibility index (Phi) is 3.36. The smallest absolute Gasteiger partial charge is 0.113 e. The van der Waals surface area contributed by atoms with E-state index in [1.54, 1.807) is 4.68 Å². The zero-order valence-corrected chi connectivity index (χ0v) is 10.6. The molecule has 0 aliphatic carbocycles. The number of halogens is 1. The summed E-state index contributed by atoms with van der Waals surface area (Å²) < 4.78 is 2.86. The van der Waals surface area contributed by atoms with Crippen LogP contribution in [0.2, 0.25) is 0 Å². The van der Waals surface area contributed by atoms with Gasteiger partial charge in [0.25, 0.3) is 0 Å². The molecule has 5 heteroatoms. The van der Waals surface area contributed by atoms with E-state index in [0.717, 1.165) is 15.7 Å². The van der Waals surface area contributed by atoms with Gasteiger partial charge in [0, 0.05) is 16.6 Å². The van der Waals surface area contributed by atoms with Gasteiger partial charge < -0.3 is 5.73 Å². The number of nitrogens with zero attached hydrogens (tertiary/aromatic N) is 3. The zero-order chi connectivity index (χ0) is 11.5. The second-order valence-corrected chi connectivity index (χ2v) is 4.47. The highest BCUT2D eigenvalue weighted by Crippen LogP contribution is 2.23. The van der Waals surface area contributed by atoms with Crippen LogP contribution in [0.25, 0.3) is 11.3 Å². The summed E-state index contributed by atoms with van der Waals surface area (Å²) in [6.45, 7) is 3.32. The lowest BCUT2D eigenvalue weighted by Gasteiger charge is -2.00. The Morgan fingerprint density at radius 3 is 2.94 bits per heavy atom. The van der Waals surface area contributed by atoms with Crippen molar-refractivity contribution in [2.24, 2.45) is 5.73 Å². The average Bonchev–Trinajstić information content (AvgIpc) is 2.71. The van der Waals surface area contributed by atoms with Crippen LogP contribution < -0.4 is 5.73 Å². The Morgan fingerprint density at radius 2 is 2.25 bits per heavy atom. The van der Waals surface area contributed by atoms with Crippen molar-refractivity contribution in [3.63, 3.8) is 0 Å². The Labute approximate surface area is 103 Å². The monoisotopic (exact) mass is 280 g/mol. The third-order valence-electron chi connectivity index (χ3n) is 2.35. The molecule has 1 aromatic heterocycles. The molecule has 1 aromatic carbocycles. The first-order valence-electron chi connectivity index (χ1n) is 5.07. The van der Waals surface area contributed by atoms with E-state index in [0.29, 0.717) is 13.1 Å². The molecule has 0 aliphatic heterocycles. The minimum Gasteiger partial charge on any atom is -0.329 e. The summed E-state index contributed by atoms with van der Waals surface area (Å²) >= 11 is 3.47. The van der Waals surface area contributed by atoms with Crippen LogP contribution in [0.4, 0.5) is 0 Å². The number of rotatable bonds is 3. The summed E-state index contributed by atoms with van der Waals surface area (Å²) in [5.74, 6) is 0. The van der Waals surface area contributed by atoms with Crippen LogP contribution in [0, 0.1) is 6.92 Å². The lowest BCUT2D eigenvalue weighted by molar-refractivity contribution is 0.598. The third-order valence-corrected chi connectivity index (χ3v) is 3.24. The minimum atomic E-state index is 0.572. The van der Waals surface area contributed by atoms with Crippen molar-refractivity contribution in [1.29, 1.82) is 0 Å². The van der Waals surface area contributed by atoms with Gasteiger partial charge in [-0.1, -0.05) is 27.2 Å². The molecule has 0 bridgehead atoms. The zero-order valence-electron chi connectivity index (χ0n) is 9.02. The summed E-state index contributed by atoms with van der Waals surface area (Å²) in [6, 6.07) is 6.13. The van der Waals surface area contributed by atoms with Crippen LogP contribution in [-0.4, -0.2) is 21.5 Å². The Balaban J connectivity index is 2.31. The van der Waals surface area contributed by atoms with Crippen molar-refractivity contribution in [1.82, 2.24) is 15.0 Å². The highest BCUT2D eigenvalue weighted by molar-refractivity contribution is 9.10. The number of aromatic nitrogens is 3. The first-order chi connectivity index (χ1) is 7.70. The van der Waals surface area contributed by atoms with E-state index in [9.17, 15) is 0 Å². The van der Waals surface area contributed by atoms with Gasteiger partial charge in [0.05, 0.1) is 12.7 Å². The average molecular weight is 281 g/mol. The molecule has 16 heavy (non-hydrogen) atoms. The molecule has 0 saturated heterocycles. The molecular formula is C11H13BrN4. The fraction of sp³-hybridized carbons (Fsp3) is 0.273. The van der Waals surface area contributed by atoms with Crippen molar-refractivity contribution in [3.8, 4) is 11.3 Å². The fourth-order valence-electron chi connectivity index (χ4n) is 1.48. The normalized spacial score (nSPS) is 10.7. The van der Waals surface area contributed by atoms with Crippen LogP contribution in [0.15, 0.2) is 28.9 Å². The van der Waals surface area contributed by atoms with E-state index in [1.165, 1.54) is 5.56 Å². The summed E-state index contributed by atoms with van der Waals surface area (Å²) in [5.41, 5.74) is 8.60. The van der Waals surface area contributed by atoms with Gasteiger partial charge in [-0.2, -0.15) is 0 Å². The molecule has 0 fully saturated rings. The van der Waals surface area contributed by atoms with Gasteiger partial charge in [-0.25, -0.2) is 0 Å². The molecule has 1 heterocycles. The number of aryl methyl sites for hydroxylation is 1. The third kappa shape index (κ3) is 2.31. The lowest BCUT2D eigenvalue weighted by atomic mass is 10.1. The summed E-state index contributed by atoms with van der Waals surface area (Å²) in [6.07, 6.45) is 1.91. The quantitative estimate of drug-likeness (QED) is 0.935. The lowest BCUT2D eigenvalue weighted by Crippen LogP contribution is -2.10. The summed E-state index contributed by atoms with van der Waals surface area (Å²) in [7, 11) is 0. The molecule has 0 amide bonds. The topological polar surface area (TPSA) is 56.7 Å². The van der Waals surface area contributed by atoms with Crippen molar-refractivity contribution in [3.05, 3.63) is 34.4 Å². The van der Waals surface area contributed by atoms with Gasteiger partial charge in [-0.05, 0) is 24.6 Å². The Bertz CT molecular complexity index is 492. The second kappa shape index (κ2) is 4.76. The van der Waals surface area contributed by atoms with E-state index in [-0.39, 0.29) is 0 Å². The van der Waals surface area contributed by atoms with Crippen LogP contribution in [0.1, 0.15) is 5.56 Å². The summed E-state index contributed by atoms with van der Waals surface area (Å²) in [4.78, 5) is 0. The predicted octanol–water partition coefficient (Wildman–Crippen LogP) is 1.97. The summed E-state index contributed by atoms with van der Waals surface area (Å²) in [5, 5.41) is 8.13. The van der Waals surface area contributed by atoms with E-state index in [2.05, 4.69) is 39.2 Å². The molecule has 2 rings (SSSR count). The maximum absolute atomic E-state index is 5.46. The molecule has 84 valence electrons. The van der Waals surface area contributed by atoms with Gasteiger partial charge in [-0.15, -0.1) is 5.10 Å². The minimum absolute atomic E-state index is 0.572. The molecular weight excluding hydrogens is 268 g/mol. The maximum atomic E-state index is 5.46. The standard InChI is InChI=1S/C11H13BrN4/c1-8-6-9(2-3-10(8)12)11-7-16(5-4-13)15-14-11/h2-3,6-7H,4-5,13H2,1H3. The highest BCUT2D eigenvalue weighted by atomic mass is 79.9. The highest BCUT2D eigenvalue weighted by Gasteiger charge is 2.04. The van der Waals surface area contributed by atoms with Crippen molar-refractivity contribution in [2.75, 3.05) is 6.54 Å². The molecule has 2 aromatic rings. The van der Waals surface area contributed by atoms with Crippen LogP contribution in [0.3, 0.4) is 0 Å². The molecule has 4 nitrogen and oxygen atoms in total. The molecule has 0 spiro atoms. The predicted molar refractivity (Wildman–Crippen MR) is 66.9 cm³/mol. The van der Waals surface area contributed by atoms with E-state index in [1.807, 2.05) is 18.3 Å². The molecule has 0 saturated carbocycles. The number of nitrogens with two attached hydrogens (primary N) is 1. The fourth-order valence-corrected chi connectivity index (χ4v) is 1.72. The van der Waals surface area contributed by atoms with Crippen molar-refractivity contribution >= 4 is 15.9 Å². The molecule has 0 aliphatic rings. The number of hydrogen-bond donors (Lipinski definition) is 1. The van der Waals surface area contributed by atoms with Crippen LogP contribution >= 0.6 is 15.9 Å². The van der Waals surface area contributed by atoms with Crippen LogP contribution in [0.5, 0.6) is 0 Å². The molecule has 0 atom stereocenters. The molecule has 0 radical (unpaired) electrons. The van der Waals surface area contributed by atoms with Gasteiger partial charge in [0.2, 0.25) is 0 Å². The van der Waals surface area contributed by atoms with Crippen molar-refractivity contribution < 1.29 is 0 Å². The first-order valence-corrected chi connectivity index (χ1v) is 5.86. The largest absolute Gasteiger partial charge is 0.329 e. The molecule has 0 unspecified atom stereocenters.